The summed E-state index contributed by atoms with van der Waals surface area (Å²) in [5, 5.41) is 9.14. The first-order chi connectivity index (χ1) is 6.83. The second-order valence-corrected chi connectivity index (χ2v) is 3.45. The van der Waals surface area contributed by atoms with E-state index in [-0.39, 0.29) is 6.10 Å². The van der Waals surface area contributed by atoms with Crippen molar-refractivity contribution in [3.63, 3.8) is 0 Å². The van der Waals surface area contributed by atoms with E-state index in [1.165, 1.54) is 0 Å². The van der Waals surface area contributed by atoms with Gasteiger partial charge in [0, 0.05) is 0 Å². The molecule has 0 spiro atoms. The minimum absolute atomic E-state index is 0.239. The van der Waals surface area contributed by atoms with E-state index in [9.17, 15) is 0 Å². The van der Waals surface area contributed by atoms with E-state index < -0.39 is 0 Å². The molecule has 1 N–H and O–H groups in total. The molecule has 4 heteroatoms. The van der Waals surface area contributed by atoms with Crippen LogP contribution in [-0.4, -0.2) is 29.3 Å². The summed E-state index contributed by atoms with van der Waals surface area (Å²) in [5.74, 6) is 0. The minimum Gasteiger partial charge on any atom is -0.423 e. The van der Waals surface area contributed by atoms with Gasteiger partial charge in [-0.2, -0.15) is 4.98 Å². The van der Waals surface area contributed by atoms with Crippen molar-refractivity contribution in [1.29, 1.82) is 0 Å². The molecule has 0 atom stereocenters. The Morgan fingerprint density at radius 1 is 1.57 bits per heavy atom. The van der Waals surface area contributed by atoms with E-state index in [1.807, 2.05) is 11.0 Å². The van der Waals surface area contributed by atoms with E-state index in [2.05, 4.69) is 11.1 Å². The number of oxazole rings is 1. The highest BCUT2D eigenvalue weighted by molar-refractivity contribution is 5.74. The van der Waals surface area contributed by atoms with Crippen molar-refractivity contribution in [2.75, 3.05) is 18.0 Å². The maximum absolute atomic E-state index is 9.14. The standard InChI is InChI=1S/C10H9N2O2/c13-7-5-12(6-7)10-11-8-3-1-2-4-9(8)14-10/h2-4,7,13H,5-6H2. The van der Waals surface area contributed by atoms with Gasteiger partial charge in [0.05, 0.1) is 19.2 Å². The molecule has 1 saturated heterocycles. The second kappa shape index (κ2) is 2.72. The first kappa shape index (κ1) is 7.82. The van der Waals surface area contributed by atoms with Gasteiger partial charge >= 0.3 is 0 Å². The van der Waals surface area contributed by atoms with Gasteiger partial charge < -0.3 is 14.4 Å². The van der Waals surface area contributed by atoms with Crippen molar-refractivity contribution in [2.45, 2.75) is 6.10 Å². The Bertz CT molecular complexity index is 427. The molecule has 2 aromatic rings. The minimum atomic E-state index is -0.239. The maximum atomic E-state index is 9.14. The van der Waals surface area contributed by atoms with Crippen LogP contribution in [0.4, 0.5) is 6.01 Å². The molecule has 0 bridgehead atoms. The lowest BCUT2D eigenvalue weighted by Crippen LogP contribution is -2.51. The van der Waals surface area contributed by atoms with Gasteiger partial charge in [-0.05, 0) is 18.2 Å². The van der Waals surface area contributed by atoms with Crippen LogP contribution in [0, 0.1) is 6.07 Å². The van der Waals surface area contributed by atoms with Gasteiger partial charge in [-0.1, -0.05) is 6.07 Å². The van der Waals surface area contributed by atoms with Crippen LogP contribution in [0.15, 0.2) is 22.6 Å². The molecule has 71 valence electrons. The highest BCUT2D eigenvalue weighted by Crippen LogP contribution is 2.24. The number of hydrogen-bond acceptors (Lipinski definition) is 4. The number of anilines is 1. The maximum Gasteiger partial charge on any atom is 0.298 e. The molecular formula is C10H9N2O2. The highest BCUT2D eigenvalue weighted by atomic mass is 16.4. The first-order valence-electron chi connectivity index (χ1n) is 4.52. The van der Waals surface area contributed by atoms with Crippen LogP contribution < -0.4 is 4.90 Å². The fourth-order valence-electron chi connectivity index (χ4n) is 1.55. The predicted octanol–water partition coefficient (Wildman–Crippen LogP) is 0.809. The summed E-state index contributed by atoms with van der Waals surface area (Å²) >= 11 is 0. The normalized spacial score (nSPS) is 17.4. The molecule has 3 rings (SSSR count). The quantitative estimate of drug-likeness (QED) is 0.721. The van der Waals surface area contributed by atoms with Crippen LogP contribution in [-0.2, 0) is 0 Å². The SMILES string of the molecule is OC1CN(c2nc3c[c]ccc3o2)C1. The summed E-state index contributed by atoms with van der Waals surface area (Å²) in [4.78, 5) is 6.19. The van der Waals surface area contributed by atoms with Gasteiger partial charge in [0.1, 0.15) is 5.52 Å². The van der Waals surface area contributed by atoms with Crippen LogP contribution in [0.5, 0.6) is 0 Å². The molecule has 0 amide bonds. The van der Waals surface area contributed by atoms with Gasteiger partial charge in [0.2, 0.25) is 0 Å². The summed E-state index contributed by atoms with van der Waals surface area (Å²) in [6, 6.07) is 8.95. The Morgan fingerprint density at radius 2 is 2.43 bits per heavy atom. The van der Waals surface area contributed by atoms with Gasteiger partial charge in [-0.3, -0.25) is 0 Å². The smallest absolute Gasteiger partial charge is 0.298 e. The third kappa shape index (κ3) is 1.08. The lowest BCUT2D eigenvalue weighted by molar-refractivity contribution is 0.137. The summed E-state index contributed by atoms with van der Waals surface area (Å²) in [6.45, 7) is 1.22. The Kier molecular flexibility index (Phi) is 1.52. The number of rotatable bonds is 1. The molecule has 0 aliphatic carbocycles. The molecule has 1 aromatic heterocycles. The van der Waals surface area contributed by atoms with E-state index in [1.54, 1.807) is 12.1 Å². The zero-order chi connectivity index (χ0) is 9.54. The zero-order valence-electron chi connectivity index (χ0n) is 7.47. The number of fused-ring (bicyclic) bond motifs is 1. The van der Waals surface area contributed by atoms with Crippen molar-refractivity contribution in [1.82, 2.24) is 4.98 Å². The third-order valence-corrected chi connectivity index (χ3v) is 2.35. The average molecular weight is 189 g/mol. The van der Waals surface area contributed by atoms with Crippen LogP contribution >= 0.6 is 0 Å². The monoisotopic (exact) mass is 189 g/mol. The van der Waals surface area contributed by atoms with Crippen molar-refractivity contribution in [3.05, 3.63) is 24.3 Å². The van der Waals surface area contributed by atoms with Crippen molar-refractivity contribution >= 4 is 17.1 Å². The molecule has 1 aliphatic heterocycles. The van der Waals surface area contributed by atoms with Gasteiger partial charge in [0.15, 0.2) is 5.58 Å². The molecule has 0 unspecified atom stereocenters. The molecule has 1 fully saturated rings. The molecule has 14 heavy (non-hydrogen) atoms. The van der Waals surface area contributed by atoms with Crippen LogP contribution in [0.2, 0.25) is 0 Å². The van der Waals surface area contributed by atoms with Crippen molar-refractivity contribution in [3.8, 4) is 0 Å². The summed E-state index contributed by atoms with van der Waals surface area (Å²) < 4.78 is 5.50. The Labute approximate surface area is 80.8 Å². The lowest BCUT2D eigenvalue weighted by atomic mass is 10.2. The fourth-order valence-corrected chi connectivity index (χ4v) is 1.55. The fraction of sp³-hybridized carbons (Fsp3) is 0.300. The van der Waals surface area contributed by atoms with Crippen LogP contribution in [0.1, 0.15) is 0 Å². The highest BCUT2D eigenvalue weighted by Gasteiger charge is 2.28. The number of aliphatic hydroxyl groups excluding tert-OH is 1. The second-order valence-electron chi connectivity index (χ2n) is 3.45. The molecule has 0 saturated carbocycles. The van der Waals surface area contributed by atoms with E-state index in [0.29, 0.717) is 19.1 Å². The number of aromatic nitrogens is 1. The summed E-state index contributed by atoms with van der Waals surface area (Å²) in [5.41, 5.74) is 1.57. The van der Waals surface area contributed by atoms with Crippen LogP contribution in [0.25, 0.3) is 11.1 Å². The molecule has 2 heterocycles. The van der Waals surface area contributed by atoms with Crippen LogP contribution in [0.3, 0.4) is 0 Å². The van der Waals surface area contributed by atoms with Gasteiger partial charge in [0.25, 0.3) is 6.01 Å². The number of hydrogen-bond donors (Lipinski definition) is 1. The topological polar surface area (TPSA) is 49.5 Å². The first-order valence-corrected chi connectivity index (χ1v) is 4.52. The lowest BCUT2D eigenvalue weighted by Gasteiger charge is -2.34. The Hall–Kier alpha value is -1.55. The van der Waals surface area contributed by atoms with E-state index in [4.69, 9.17) is 9.52 Å². The predicted molar refractivity (Wildman–Crippen MR) is 51.1 cm³/mol. The Balaban J connectivity index is 1.99. The van der Waals surface area contributed by atoms with E-state index >= 15 is 0 Å². The molecule has 1 aliphatic rings. The summed E-state index contributed by atoms with van der Waals surface area (Å²) in [6.07, 6.45) is -0.239. The Morgan fingerprint density at radius 3 is 3.14 bits per heavy atom. The van der Waals surface area contributed by atoms with Gasteiger partial charge in [-0.15, -0.1) is 0 Å². The van der Waals surface area contributed by atoms with Crippen molar-refractivity contribution < 1.29 is 9.52 Å². The summed E-state index contributed by atoms with van der Waals surface area (Å²) in [7, 11) is 0. The molecule has 4 nitrogen and oxygen atoms in total. The average Bonchev–Trinajstić information content (AvgIpc) is 2.55. The van der Waals surface area contributed by atoms with Gasteiger partial charge in [-0.25, -0.2) is 0 Å². The third-order valence-electron chi connectivity index (χ3n) is 2.35. The van der Waals surface area contributed by atoms with E-state index in [0.717, 1.165) is 11.1 Å². The number of benzene rings is 1. The zero-order valence-corrected chi connectivity index (χ0v) is 7.47. The number of β-amino-alcohol motifs (C(OH)–C–C–N with tert-alkyl or cyclic N) is 1. The molecular weight excluding hydrogens is 180 g/mol. The number of aliphatic hydroxyl groups is 1. The molecule has 1 aromatic carbocycles. The largest absolute Gasteiger partial charge is 0.423 e. The van der Waals surface area contributed by atoms with Crippen molar-refractivity contribution in [2.24, 2.45) is 0 Å². The number of nitrogens with zero attached hydrogens (tertiary/aromatic N) is 2. The molecule has 1 radical (unpaired) electrons.